The lowest BCUT2D eigenvalue weighted by molar-refractivity contribution is -0.138. The van der Waals surface area contributed by atoms with Gasteiger partial charge >= 0.3 is 5.97 Å². The Morgan fingerprint density at radius 3 is 2.55 bits per heavy atom. The van der Waals surface area contributed by atoms with E-state index in [4.69, 9.17) is 4.74 Å². The smallest absolute Gasteiger partial charge is 0.338 e. The van der Waals surface area contributed by atoms with Crippen LogP contribution in [0.5, 0.6) is 0 Å². The van der Waals surface area contributed by atoms with Crippen molar-refractivity contribution in [2.24, 2.45) is 4.99 Å². The summed E-state index contributed by atoms with van der Waals surface area (Å²) in [6.45, 7) is 9.48. The van der Waals surface area contributed by atoms with E-state index >= 15 is 0 Å². The van der Waals surface area contributed by atoms with E-state index in [9.17, 15) is 14.4 Å². The van der Waals surface area contributed by atoms with Gasteiger partial charge < -0.3 is 9.64 Å². The van der Waals surface area contributed by atoms with Crippen LogP contribution in [0, 0.1) is 0 Å². The number of amides is 1. The molecule has 0 spiro atoms. The fraction of sp³-hybridized carbons (Fsp3) is 0.172. The van der Waals surface area contributed by atoms with Gasteiger partial charge in [-0.25, -0.2) is 9.79 Å². The highest BCUT2D eigenvalue weighted by atomic mass is 32.2. The summed E-state index contributed by atoms with van der Waals surface area (Å²) in [6, 6.07) is 14.3. The summed E-state index contributed by atoms with van der Waals surface area (Å²) in [4.78, 5) is 48.6. The van der Waals surface area contributed by atoms with Gasteiger partial charge in [0.2, 0.25) is 0 Å². The van der Waals surface area contributed by atoms with Crippen molar-refractivity contribution in [2.75, 3.05) is 24.3 Å². The van der Waals surface area contributed by atoms with E-state index in [2.05, 4.69) is 18.2 Å². The molecule has 1 aromatic heterocycles. The van der Waals surface area contributed by atoms with Crippen LogP contribution >= 0.6 is 23.1 Å². The molecule has 0 saturated heterocycles. The van der Waals surface area contributed by atoms with Crippen LogP contribution in [0.15, 0.2) is 99.8 Å². The third-order valence-corrected chi connectivity index (χ3v) is 8.24. The molecule has 2 aliphatic heterocycles. The van der Waals surface area contributed by atoms with Gasteiger partial charge in [-0.15, -0.1) is 18.3 Å². The Kier molecular flexibility index (Phi) is 7.05. The fourth-order valence-corrected chi connectivity index (χ4v) is 6.30. The third kappa shape index (κ3) is 4.17. The molecule has 192 valence electrons. The molecule has 0 N–H and O–H groups in total. The largest absolute Gasteiger partial charge is 0.458 e. The Labute approximate surface area is 227 Å². The zero-order valence-corrected chi connectivity index (χ0v) is 22.6. The van der Waals surface area contributed by atoms with Crippen molar-refractivity contribution in [1.82, 2.24) is 4.57 Å². The average molecular weight is 544 g/mol. The number of thiazole rings is 1. The van der Waals surface area contributed by atoms with Gasteiger partial charge in [0.25, 0.3) is 11.5 Å². The summed E-state index contributed by atoms with van der Waals surface area (Å²) in [5.74, 6) is -0.832. The first kappa shape index (κ1) is 25.7. The molecule has 0 aliphatic carbocycles. The Morgan fingerprint density at radius 1 is 1.13 bits per heavy atom. The van der Waals surface area contributed by atoms with E-state index in [-0.39, 0.29) is 28.2 Å². The van der Waals surface area contributed by atoms with Gasteiger partial charge in [-0.05, 0) is 36.9 Å². The molecule has 38 heavy (non-hydrogen) atoms. The Bertz CT molecular complexity index is 1700. The molecule has 0 fully saturated rings. The number of carbonyl (C=O) groups is 2. The second-order valence-electron chi connectivity index (χ2n) is 8.66. The van der Waals surface area contributed by atoms with Crippen molar-refractivity contribution in [1.29, 1.82) is 0 Å². The van der Waals surface area contributed by atoms with Crippen molar-refractivity contribution in [3.63, 3.8) is 0 Å². The molecular formula is C29H25N3O4S2. The minimum Gasteiger partial charge on any atom is -0.458 e. The maximum absolute atomic E-state index is 14.1. The number of carbonyl (C=O) groups excluding carboxylic acids is 2. The van der Waals surface area contributed by atoms with E-state index in [0.29, 0.717) is 28.2 Å². The molecule has 7 nitrogen and oxygen atoms in total. The molecular weight excluding hydrogens is 518 g/mol. The van der Waals surface area contributed by atoms with E-state index < -0.39 is 12.0 Å². The lowest BCUT2D eigenvalue weighted by Crippen LogP contribution is -2.41. The first-order valence-corrected chi connectivity index (χ1v) is 13.9. The first-order chi connectivity index (χ1) is 18.4. The molecule has 9 heteroatoms. The van der Waals surface area contributed by atoms with Crippen LogP contribution in [0.1, 0.15) is 24.1 Å². The molecule has 3 heterocycles. The third-order valence-electron chi connectivity index (χ3n) is 6.44. The predicted molar refractivity (Wildman–Crippen MR) is 151 cm³/mol. The number of para-hydroxylation sites is 1. The van der Waals surface area contributed by atoms with Gasteiger partial charge in [-0.2, -0.15) is 0 Å². The number of aromatic nitrogens is 1. The van der Waals surface area contributed by atoms with Crippen molar-refractivity contribution >= 4 is 46.2 Å². The maximum Gasteiger partial charge on any atom is 0.338 e. The topological polar surface area (TPSA) is 81.0 Å². The van der Waals surface area contributed by atoms with Gasteiger partial charge in [0.1, 0.15) is 11.1 Å². The van der Waals surface area contributed by atoms with Crippen LogP contribution < -0.4 is 19.8 Å². The van der Waals surface area contributed by atoms with Crippen LogP contribution in [0.3, 0.4) is 0 Å². The first-order valence-electron chi connectivity index (χ1n) is 11.9. The van der Waals surface area contributed by atoms with Crippen molar-refractivity contribution < 1.29 is 14.3 Å². The highest BCUT2D eigenvalue weighted by Gasteiger charge is 2.37. The molecule has 2 aliphatic rings. The average Bonchev–Trinajstić information content (AvgIpc) is 3.39. The minimum absolute atomic E-state index is 0.0345. The number of allylic oxidation sites excluding steroid dienone is 1. The fourth-order valence-electron chi connectivity index (χ4n) is 4.76. The van der Waals surface area contributed by atoms with Crippen LogP contribution in [-0.2, 0) is 14.3 Å². The standard InChI is InChI=1S/C29H25N3O4S2/c1-5-15-31-21-10-8-7-9-20(21)23(26(31)33)25-27(34)32-24(18-11-13-19(37-4)14-12-18)22(28(35)36-16-6-2)17(3)30-29(32)38-25/h5-14,24H,1-2,15-16H2,3-4H3. The molecule has 1 atom stereocenters. The summed E-state index contributed by atoms with van der Waals surface area (Å²) in [6.07, 6.45) is 5.13. The Balaban J connectivity index is 1.78. The van der Waals surface area contributed by atoms with E-state index in [1.54, 1.807) is 29.7 Å². The number of benzene rings is 2. The Hall–Kier alpha value is -3.95. The monoisotopic (exact) mass is 543 g/mol. The quantitative estimate of drug-likeness (QED) is 0.259. The van der Waals surface area contributed by atoms with E-state index in [0.717, 1.165) is 27.5 Å². The van der Waals surface area contributed by atoms with E-state index in [1.807, 2.05) is 54.8 Å². The second-order valence-corrected chi connectivity index (χ2v) is 10.5. The molecule has 0 radical (unpaired) electrons. The zero-order valence-electron chi connectivity index (χ0n) is 21.0. The van der Waals surface area contributed by atoms with Gasteiger partial charge in [0, 0.05) is 17.0 Å². The Morgan fingerprint density at radius 2 is 1.87 bits per heavy atom. The summed E-state index contributed by atoms with van der Waals surface area (Å²) >= 11 is 2.75. The number of esters is 1. The number of hydrogen-bond acceptors (Lipinski definition) is 7. The molecule has 3 aromatic rings. The SMILES string of the molecule is C=CCOC(=O)C1=C(C)N=c2sc(=C3C(=O)N(CC=C)c4ccccc43)c(=O)n2C1c1ccc(SC)cc1. The molecule has 2 aromatic carbocycles. The van der Waals surface area contributed by atoms with Gasteiger partial charge in [-0.1, -0.05) is 60.4 Å². The highest BCUT2D eigenvalue weighted by Crippen LogP contribution is 2.35. The van der Waals surface area contributed by atoms with Gasteiger partial charge in [0.15, 0.2) is 4.80 Å². The number of ether oxygens (including phenoxy) is 1. The van der Waals surface area contributed by atoms with Crippen molar-refractivity contribution in [3.8, 4) is 0 Å². The molecule has 0 saturated carbocycles. The lowest BCUT2D eigenvalue weighted by Gasteiger charge is -2.24. The minimum atomic E-state index is -0.759. The van der Waals surface area contributed by atoms with Crippen molar-refractivity contribution in [3.05, 3.63) is 116 Å². The van der Waals surface area contributed by atoms with Crippen LogP contribution in [0.25, 0.3) is 5.57 Å². The number of thioether (sulfide) groups is 1. The number of hydrogen-bond donors (Lipinski definition) is 0. The highest BCUT2D eigenvalue weighted by molar-refractivity contribution is 7.98. The van der Waals surface area contributed by atoms with Crippen LogP contribution in [-0.4, -0.2) is 35.9 Å². The molecule has 0 bridgehead atoms. The normalized spacial score (nSPS) is 17.6. The van der Waals surface area contributed by atoms with Gasteiger partial charge in [-0.3, -0.25) is 14.2 Å². The molecule has 1 amide bonds. The summed E-state index contributed by atoms with van der Waals surface area (Å²) in [5.41, 5.74) is 2.85. The summed E-state index contributed by atoms with van der Waals surface area (Å²) < 4.78 is 7.19. The lowest BCUT2D eigenvalue weighted by atomic mass is 9.96. The zero-order chi connectivity index (χ0) is 27.0. The van der Waals surface area contributed by atoms with Crippen molar-refractivity contribution in [2.45, 2.75) is 17.9 Å². The van der Waals surface area contributed by atoms with Gasteiger partial charge in [0.05, 0.1) is 28.6 Å². The number of rotatable bonds is 7. The summed E-state index contributed by atoms with van der Waals surface area (Å²) in [7, 11) is 0. The maximum atomic E-state index is 14.1. The molecule has 5 rings (SSSR count). The van der Waals surface area contributed by atoms with Crippen LogP contribution in [0.2, 0.25) is 0 Å². The number of fused-ring (bicyclic) bond motifs is 2. The number of nitrogens with zero attached hydrogens (tertiary/aromatic N) is 3. The molecule has 1 unspecified atom stereocenters. The summed E-state index contributed by atoms with van der Waals surface area (Å²) in [5, 5.41) is 0. The second kappa shape index (κ2) is 10.4. The van der Waals surface area contributed by atoms with Crippen LogP contribution in [0.4, 0.5) is 5.69 Å². The van der Waals surface area contributed by atoms with E-state index in [1.165, 1.54) is 10.6 Å². The number of anilines is 1. The predicted octanol–water partition coefficient (Wildman–Crippen LogP) is 3.59.